The van der Waals surface area contributed by atoms with Gasteiger partial charge >= 0.3 is 57.8 Å². The van der Waals surface area contributed by atoms with Crippen molar-refractivity contribution in [1.82, 2.24) is 0 Å². The van der Waals surface area contributed by atoms with Crippen LogP contribution in [0.4, 0.5) is 61.5 Å². The van der Waals surface area contributed by atoms with Crippen LogP contribution in [-0.4, -0.2) is 73.4 Å². The number of esters is 2. The first-order chi connectivity index (χ1) is 15.0. The Morgan fingerprint density at radius 1 is 0.829 bits per heavy atom. The lowest BCUT2D eigenvalue weighted by molar-refractivity contribution is -0.373. The van der Waals surface area contributed by atoms with E-state index in [0.29, 0.717) is 0 Å². The summed E-state index contributed by atoms with van der Waals surface area (Å²) in [6.07, 6.45) is -32.3. The molecule has 1 N–H and O–H groups in total. The molecule has 0 heterocycles. The van der Waals surface area contributed by atoms with Gasteiger partial charge in [-0.3, -0.25) is 4.55 Å². The number of hydrogen-bond acceptors (Lipinski definition) is 7. The van der Waals surface area contributed by atoms with E-state index in [2.05, 4.69) is 14.2 Å². The monoisotopic (exact) mass is 576 g/mol. The molecule has 0 amide bonds. The molecule has 1 atom stereocenters. The van der Waals surface area contributed by atoms with E-state index in [1.165, 1.54) is 0 Å². The Morgan fingerprint density at radius 3 is 1.51 bits per heavy atom. The maximum Gasteiger partial charge on any atom is 0.468 e. The fourth-order valence-electron chi connectivity index (χ4n) is 1.46. The highest BCUT2D eigenvalue weighted by molar-refractivity contribution is 7.86. The average Bonchev–Trinajstić information content (AvgIpc) is 2.57. The first-order valence-electron chi connectivity index (χ1n) is 7.40. The standard InChI is InChI=1S/C12H6F14O8S/c1-3(9(15,16)17)4(27)34-8(12(24,25)26,32-2-7(13,14)35(29,30)31)6(28)33-5(10(18,19)20)11(21,22)23/h5H,1-2H2,(H,29,30,31). The van der Waals surface area contributed by atoms with Crippen LogP contribution in [0.15, 0.2) is 12.2 Å². The average molecular weight is 576 g/mol. The lowest BCUT2D eigenvalue weighted by Crippen LogP contribution is -2.62. The van der Waals surface area contributed by atoms with Crippen molar-refractivity contribution < 1.29 is 98.2 Å². The molecule has 0 aliphatic rings. The largest absolute Gasteiger partial charge is 0.468 e. The number of carbonyl (C=O) groups excluding carboxylic acids is 2. The Morgan fingerprint density at radius 2 is 1.23 bits per heavy atom. The van der Waals surface area contributed by atoms with Gasteiger partial charge in [-0.05, 0) is 0 Å². The zero-order chi connectivity index (χ0) is 28.6. The Hall–Kier alpha value is -2.43. The molecule has 35 heavy (non-hydrogen) atoms. The number of halogens is 14. The summed E-state index contributed by atoms with van der Waals surface area (Å²) < 4.78 is 217. The second-order valence-corrected chi connectivity index (χ2v) is 7.30. The molecule has 8 nitrogen and oxygen atoms in total. The van der Waals surface area contributed by atoms with Gasteiger partial charge in [-0.15, -0.1) is 0 Å². The van der Waals surface area contributed by atoms with E-state index in [9.17, 15) is 79.5 Å². The third-order valence-electron chi connectivity index (χ3n) is 3.11. The molecule has 0 saturated heterocycles. The lowest BCUT2D eigenvalue weighted by Gasteiger charge is -2.34. The van der Waals surface area contributed by atoms with Crippen LogP contribution in [-0.2, 0) is 33.9 Å². The Kier molecular flexibility index (Phi) is 8.89. The molecule has 206 valence electrons. The van der Waals surface area contributed by atoms with Crippen molar-refractivity contribution in [3.05, 3.63) is 12.2 Å². The van der Waals surface area contributed by atoms with Gasteiger partial charge in [0.05, 0.1) is 0 Å². The number of alkyl halides is 14. The van der Waals surface area contributed by atoms with E-state index in [1.54, 1.807) is 0 Å². The van der Waals surface area contributed by atoms with Crippen LogP contribution in [0.3, 0.4) is 0 Å². The Labute approximate surface area is 182 Å². The molecule has 0 saturated carbocycles. The van der Waals surface area contributed by atoms with Crippen molar-refractivity contribution in [2.24, 2.45) is 0 Å². The highest BCUT2D eigenvalue weighted by Crippen LogP contribution is 2.42. The highest BCUT2D eigenvalue weighted by atomic mass is 32.2. The predicted octanol–water partition coefficient (Wildman–Crippen LogP) is 3.44. The lowest BCUT2D eigenvalue weighted by atomic mass is 10.2. The summed E-state index contributed by atoms with van der Waals surface area (Å²) in [4.78, 5) is 23.0. The zero-order valence-corrected chi connectivity index (χ0v) is 16.3. The molecule has 0 spiro atoms. The second kappa shape index (κ2) is 9.55. The molecule has 0 aromatic heterocycles. The molecule has 0 radical (unpaired) electrons. The minimum atomic E-state index is -7.14. The third kappa shape index (κ3) is 7.78. The van der Waals surface area contributed by atoms with E-state index >= 15 is 0 Å². The Bertz CT molecular complexity index is 915. The van der Waals surface area contributed by atoms with Crippen LogP contribution < -0.4 is 0 Å². The quantitative estimate of drug-likeness (QED) is 0.154. The van der Waals surface area contributed by atoms with Gasteiger partial charge in [0.1, 0.15) is 12.2 Å². The fraction of sp³-hybridized carbons (Fsp3) is 0.667. The molecule has 0 aliphatic carbocycles. The van der Waals surface area contributed by atoms with Gasteiger partial charge in [0, 0.05) is 0 Å². The van der Waals surface area contributed by atoms with Gasteiger partial charge in [0.25, 0.3) is 6.10 Å². The number of hydrogen-bond donors (Lipinski definition) is 1. The van der Waals surface area contributed by atoms with Gasteiger partial charge < -0.3 is 14.2 Å². The smallest absolute Gasteiger partial charge is 0.438 e. The number of carbonyl (C=O) groups is 2. The summed E-state index contributed by atoms with van der Waals surface area (Å²) >= 11 is 0. The second-order valence-electron chi connectivity index (χ2n) is 5.75. The first kappa shape index (κ1) is 32.6. The summed E-state index contributed by atoms with van der Waals surface area (Å²) in [5.74, 6) is -14.1. The van der Waals surface area contributed by atoms with E-state index in [1.807, 2.05) is 6.58 Å². The van der Waals surface area contributed by atoms with E-state index in [4.69, 9.17) is 4.55 Å². The van der Waals surface area contributed by atoms with Gasteiger partial charge in [-0.25, -0.2) is 9.59 Å². The Balaban J connectivity index is 6.86. The molecule has 0 aliphatic heterocycles. The molecular formula is C12H6F14O8S. The molecule has 1 unspecified atom stereocenters. The predicted molar refractivity (Wildman–Crippen MR) is 74.5 cm³/mol. The maximum absolute atomic E-state index is 13.4. The maximum atomic E-state index is 13.4. The van der Waals surface area contributed by atoms with Crippen LogP contribution in [0.5, 0.6) is 0 Å². The topological polar surface area (TPSA) is 116 Å². The van der Waals surface area contributed by atoms with Crippen LogP contribution in [0.1, 0.15) is 0 Å². The summed E-state index contributed by atoms with van der Waals surface area (Å²) in [5.41, 5.74) is -3.03. The van der Waals surface area contributed by atoms with Crippen molar-refractivity contribution in [3.8, 4) is 0 Å². The molecule has 0 bridgehead atoms. The van der Waals surface area contributed by atoms with Crippen molar-refractivity contribution in [2.75, 3.05) is 6.61 Å². The SMILES string of the molecule is C=C(C(=O)OC(OCC(F)(F)S(=O)(=O)O)(C(=O)OC(C(F)(F)F)C(F)(F)F)C(F)(F)F)C(F)(F)F. The first-order valence-corrected chi connectivity index (χ1v) is 8.84. The summed E-state index contributed by atoms with van der Waals surface area (Å²) in [5, 5.41) is -5.97. The molecular weight excluding hydrogens is 570 g/mol. The molecule has 0 fully saturated rings. The van der Waals surface area contributed by atoms with Crippen LogP contribution in [0.25, 0.3) is 0 Å². The van der Waals surface area contributed by atoms with Gasteiger partial charge in [-0.1, -0.05) is 6.58 Å². The minimum absolute atomic E-state index is 1.82. The normalized spacial score (nSPS) is 16.0. The zero-order valence-electron chi connectivity index (χ0n) is 15.5. The van der Waals surface area contributed by atoms with Crippen LogP contribution >= 0.6 is 0 Å². The van der Waals surface area contributed by atoms with Crippen LogP contribution in [0.2, 0.25) is 0 Å². The highest BCUT2D eigenvalue weighted by Gasteiger charge is 2.72. The minimum Gasteiger partial charge on any atom is -0.438 e. The van der Waals surface area contributed by atoms with E-state index in [-0.39, 0.29) is 0 Å². The van der Waals surface area contributed by atoms with E-state index in [0.717, 1.165) is 0 Å². The van der Waals surface area contributed by atoms with Crippen molar-refractivity contribution in [2.45, 2.75) is 41.9 Å². The molecule has 0 rings (SSSR count). The third-order valence-corrected chi connectivity index (χ3v) is 3.98. The summed E-state index contributed by atoms with van der Waals surface area (Å²) in [6, 6.07) is 0. The fourth-order valence-corrected chi connectivity index (χ4v) is 1.67. The summed E-state index contributed by atoms with van der Waals surface area (Å²) in [6.45, 7) is -1.73. The number of ether oxygens (including phenoxy) is 3. The van der Waals surface area contributed by atoms with Gasteiger partial charge in [-0.2, -0.15) is 69.9 Å². The van der Waals surface area contributed by atoms with Crippen molar-refractivity contribution in [1.29, 1.82) is 0 Å². The van der Waals surface area contributed by atoms with Gasteiger partial charge in [0.15, 0.2) is 0 Å². The van der Waals surface area contributed by atoms with Crippen molar-refractivity contribution in [3.63, 3.8) is 0 Å². The van der Waals surface area contributed by atoms with Gasteiger partial charge in [0.2, 0.25) is 0 Å². The van der Waals surface area contributed by atoms with Crippen LogP contribution in [0, 0.1) is 0 Å². The molecule has 0 aromatic carbocycles. The molecule has 23 heteroatoms. The summed E-state index contributed by atoms with van der Waals surface area (Å²) in [7, 11) is -6.81. The van der Waals surface area contributed by atoms with E-state index < -0.39 is 76.1 Å². The number of rotatable bonds is 8. The van der Waals surface area contributed by atoms with Crippen molar-refractivity contribution >= 4 is 22.1 Å². The molecule has 0 aromatic rings.